The lowest BCUT2D eigenvalue weighted by molar-refractivity contribution is -0.122. The summed E-state index contributed by atoms with van der Waals surface area (Å²) in [5.41, 5.74) is 1.22. The van der Waals surface area contributed by atoms with E-state index in [0.717, 1.165) is 38.3 Å². The minimum absolute atomic E-state index is 0.0896. The summed E-state index contributed by atoms with van der Waals surface area (Å²) >= 11 is 0. The van der Waals surface area contributed by atoms with Crippen LogP contribution in [0.25, 0.3) is 0 Å². The monoisotopic (exact) mass is 348 g/mol. The van der Waals surface area contributed by atoms with Crippen molar-refractivity contribution in [1.82, 2.24) is 15.2 Å². The van der Waals surface area contributed by atoms with E-state index < -0.39 is 0 Å². The van der Waals surface area contributed by atoms with Crippen molar-refractivity contribution in [2.24, 2.45) is 5.92 Å². The SMILES string of the molecule is CCC[C@H]1CN(Cc2ccc(N(C)C)nc2)C[C@@H]1NC(=O)CCOC. The van der Waals surface area contributed by atoms with Gasteiger partial charge in [-0.2, -0.15) is 0 Å². The molecule has 1 aromatic heterocycles. The molecule has 1 aliphatic heterocycles. The van der Waals surface area contributed by atoms with Crippen LogP contribution in [0.3, 0.4) is 0 Å². The topological polar surface area (TPSA) is 57.7 Å². The van der Waals surface area contributed by atoms with E-state index in [1.165, 1.54) is 5.56 Å². The third-order valence-corrected chi connectivity index (χ3v) is 4.73. The van der Waals surface area contributed by atoms with E-state index in [1.54, 1.807) is 7.11 Å². The number of carbonyl (C=O) groups is 1. The molecule has 2 rings (SSSR count). The minimum atomic E-state index is 0.0896. The van der Waals surface area contributed by atoms with Gasteiger partial charge in [-0.15, -0.1) is 0 Å². The quantitative estimate of drug-likeness (QED) is 0.739. The van der Waals surface area contributed by atoms with Gasteiger partial charge in [0.1, 0.15) is 5.82 Å². The molecule has 1 aromatic rings. The van der Waals surface area contributed by atoms with Crippen LogP contribution in [0.1, 0.15) is 31.7 Å². The molecule has 1 N–H and O–H groups in total. The molecule has 2 heterocycles. The number of nitrogens with one attached hydrogen (secondary N) is 1. The zero-order valence-electron chi connectivity index (χ0n) is 16.0. The number of aromatic nitrogens is 1. The van der Waals surface area contributed by atoms with Gasteiger partial charge >= 0.3 is 0 Å². The average Bonchev–Trinajstić information content (AvgIpc) is 2.95. The summed E-state index contributed by atoms with van der Waals surface area (Å²) < 4.78 is 5.00. The van der Waals surface area contributed by atoms with Crippen molar-refractivity contribution in [2.45, 2.75) is 38.8 Å². The van der Waals surface area contributed by atoms with Crippen molar-refractivity contribution < 1.29 is 9.53 Å². The van der Waals surface area contributed by atoms with Gasteiger partial charge in [-0.25, -0.2) is 4.98 Å². The van der Waals surface area contributed by atoms with E-state index in [-0.39, 0.29) is 11.9 Å². The Morgan fingerprint density at radius 1 is 1.40 bits per heavy atom. The highest BCUT2D eigenvalue weighted by atomic mass is 16.5. The molecule has 1 saturated heterocycles. The smallest absolute Gasteiger partial charge is 0.222 e. The Morgan fingerprint density at radius 3 is 2.80 bits per heavy atom. The summed E-state index contributed by atoms with van der Waals surface area (Å²) in [6.45, 7) is 5.49. The van der Waals surface area contributed by atoms with Crippen molar-refractivity contribution in [3.05, 3.63) is 23.9 Å². The fourth-order valence-corrected chi connectivity index (χ4v) is 3.42. The lowest BCUT2D eigenvalue weighted by Crippen LogP contribution is -2.40. The number of pyridine rings is 1. The Kier molecular flexibility index (Phi) is 7.65. The predicted octanol–water partition coefficient (Wildman–Crippen LogP) is 1.90. The summed E-state index contributed by atoms with van der Waals surface area (Å²) in [7, 11) is 5.61. The number of carbonyl (C=O) groups excluding carboxylic acids is 1. The normalized spacial score (nSPS) is 20.6. The van der Waals surface area contributed by atoms with Crippen molar-refractivity contribution in [1.29, 1.82) is 0 Å². The number of nitrogens with zero attached hydrogens (tertiary/aromatic N) is 3. The Bertz CT molecular complexity index is 533. The molecule has 0 radical (unpaired) electrons. The second-order valence-corrected chi connectivity index (χ2v) is 7.08. The second kappa shape index (κ2) is 9.73. The largest absolute Gasteiger partial charge is 0.384 e. The van der Waals surface area contributed by atoms with Crippen LogP contribution in [0.5, 0.6) is 0 Å². The standard InChI is InChI=1S/C19H32N4O2/c1-5-6-16-13-23(14-17(16)21-19(24)9-10-25-4)12-15-7-8-18(20-11-15)22(2)3/h7-8,11,16-17H,5-6,9-10,12-14H2,1-4H3,(H,21,24)/t16-,17-/m0/s1. The summed E-state index contributed by atoms with van der Waals surface area (Å²) in [5, 5.41) is 3.21. The third-order valence-electron chi connectivity index (χ3n) is 4.73. The number of rotatable bonds is 9. The Balaban J connectivity index is 1.92. The summed E-state index contributed by atoms with van der Waals surface area (Å²) in [4.78, 5) is 21.0. The minimum Gasteiger partial charge on any atom is -0.384 e. The second-order valence-electron chi connectivity index (χ2n) is 7.08. The maximum atomic E-state index is 12.0. The van der Waals surface area contributed by atoms with Crippen LogP contribution in [0, 0.1) is 5.92 Å². The van der Waals surface area contributed by atoms with Gasteiger partial charge in [-0.3, -0.25) is 9.69 Å². The highest BCUT2D eigenvalue weighted by Crippen LogP contribution is 2.23. The number of hydrogen-bond acceptors (Lipinski definition) is 5. The molecule has 6 heteroatoms. The first-order valence-corrected chi connectivity index (χ1v) is 9.16. The Hall–Kier alpha value is -1.66. The predicted molar refractivity (Wildman–Crippen MR) is 101 cm³/mol. The van der Waals surface area contributed by atoms with Gasteiger partial charge in [0, 0.05) is 59.5 Å². The summed E-state index contributed by atoms with van der Waals surface area (Å²) in [5.74, 6) is 1.58. The van der Waals surface area contributed by atoms with Crippen LogP contribution in [0.2, 0.25) is 0 Å². The molecule has 0 unspecified atom stereocenters. The van der Waals surface area contributed by atoms with E-state index in [1.807, 2.05) is 25.2 Å². The first kappa shape index (κ1) is 19.7. The Labute approximate surface area is 151 Å². The molecule has 0 spiro atoms. The maximum absolute atomic E-state index is 12.0. The molecule has 140 valence electrons. The fraction of sp³-hybridized carbons (Fsp3) is 0.684. The molecule has 25 heavy (non-hydrogen) atoms. The van der Waals surface area contributed by atoms with Crippen LogP contribution in [-0.2, 0) is 16.1 Å². The number of amides is 1. The molecule has 0 bridgehead atoms. The molecular formula is C19H32N4O2. The third kappa shape index (κ3) is 5.97. The lowest BCUT2D eigenvalue weighted by atomic mass is 9.98. The van der Waals surface area contributed by atoms with Gasteiger partial charge in [-0.05, 0) is 24.0 Å². The van der Waals surface area contributed by atoms with Gasteiger partial charge in [-0.1, -0.05) is 19.4 Å². The van der Waals surface area contributed by atoms with Crippen LogP contribution >= 0.6 is 0 Å². The molecule has 6 nitrogen and oxygen atoms in total. The van der Waals surface area contributed by atoms with E-state index >= 15 is 0 Å². The average molecular weight is 348 g/mol. The van der Waals surface area contributed by atoms with Crippen LogP contribution in [0.15, 0.2) is 18.3 Å². The molecule has 1 aliphatic rings. The first-order chi connectivity index (χ1) is 12.0. The summed E-state index contributed by atoms with van der Waals surface area (Å²) in [6.07, 6.45) is 4.67. The number of ether oxygens (including phenoxy) is 1. The zero-order chi connectivity index (χ0) is 18.2. The van der Waals surface area contributed by atoms with Crippen molar-refractivity contribution >= 4 is 11.7 Å². The first-order valence-electron chi connectivity index (χ1n) is 9.16. The number of anilines is 1. The fourth-order valence-electron chi connectivity index (χ4n) is 3.42. The van der Waals surface area contributed by atoms with Gasteiger partial charge in [0.05, 0.1) is 6.61 Å². The molecule has 0 saturated carbocycles. The van der Waals surface area contributed by atoms with Gasteiger partial charge in [0.15, 0.2) is 0 Å². The van der Waals surface area contributed by atoms with Crippen LogP contribution in [-0.4, -0.2) is 62.7 Å². The molecule has 0 aliphatic carbocycles. The van der Waals surface area contributed by atoms with Gasteiger partial charge < -0.3 is 15.0 Å². The van der Waals surface area contributed by atoms with Gasteiger partial charge in [0.2, 0.25) is 5.91 Å². The number of methoxy groups -OCH3 is 1. The molecular weight excluding hydrogens is 316 g/mol. The highest BCUT2D eigenvalue weighted by molar-refractivity contribution is 5.76. The van der Waals surface area contributed by atoms with E-state index in [9.17, 15) is 4.79 Å². The lowest BCUT2D eigenvalue weighted by Gasteiger charge is -2.19. The summed E-state index contributed by atoms with van der Waals surface area (Å²) in [6, 6.07) is 4.43. The van der Waals surface area contributed by atoms with E-state index in [0.29, 0.717) is 18.9 Å². The number of likely N-dealkylation sites (tertiary alicyclic amines) is 1. The van der Waals surface area contributed by atoms with E-state index in [4.69, 9.17) is 4.74 Å². The Morgan fingerprint density at radius 2 is 2.20 bits per heavy atom. The number of hydrogen-bond donors (Lipinski definition) is 1. The van der Waals surface area contributed by atoms with Crippen molar-refractivity contribution in [2.75, 3.05) is 45.8 Å². The van der Waals surface area contributed by atoms with Gasteiger partial charge in [0.25, 0.3) is 0 Å². The van der Waals surface area contributed by atoms with Crippen molar-refractivity contribution in [3.8, 4) is 0 Å². The van der Waals surface area contributed by atoms with Crippen molar-refractivity contribution in [3.63, 3.8) is 0 Å². The maximum Gasteiger partial charge on any atom is 0.222 e. The zero-order valence-corrected chi connectivity index (χ0v) is 16.0. The molecule has 0 aromatic carbocycles. The van der Waals surface area contributed by atoms with Crippen LogP contribution < -0.4 is 10.2 Å². The van der Waals surface area contributed by atoms with E-state index in [2.05, 4.69) is 34.3 Å². The molecule has 2 atom stereocenters. The highest BCUT2D eigenvalue weighted by Gasteiger charge is 2.32. The molecule has 1 amide bonds. The van der Waals surface area contributed by atoms with Crippen LogP contribution in [0.4, 0.5) is 5.82 Å². The molecule has 1 fully saturated rings.